The van der Waals surface area contributed by atoms with Crippen LogP contribution in [-0.2, 0) is 20.4 Å². The summed E-state index contributed by atoms with van der Waals surface area (Å²) in [4.78, 5) is 18.9. The molecule has 0 spiro atoms. The Hall–Kier alpha value is -2.52. The molecule has 4 rings (SSSR count). The molecule has 0 unspecified atom stereocenters. The van der Waals surface area contributed by atoms with Gasteiger partial charge in [0.15, 0.2) is 0 Å². The maximum atomic E-state index is 10.3. The summed E-state index contributed by atoms with van der Waals surface area (Å²) in [7, 11) is 0. The molecule has 0 aliphatic rings. The number of halogens is 1. The summed E-state index contributed by atoms with van der Waals surface area (Å²) in [6, 6.07) is 15.9. The Morgan fingerprint density at radius 1 is 0.923 bits per heavy atom. The third kappa shape index (κ3) is 4.55. The Morgan fingerprint density at radius 3 is 1.92 bits per heavy atom. The van der Waals surface area contributed by atoms with Crippen LogP contribution in [0.5, 0.6) is 0 Å². The van der Waals surface area contributed by atoms with Gasteiger partial charge >= 0.3 is 20.4 Å². The van der Waals surface area contributed by atoms with E-state index >= 15 is 0 Å². The van der Waals surface area contributed by atoms with Crippen molar-refractivity contribution in [1.29, 1.82) is 0 Å². The van der Waals surface area contributed by atoms with Crippen LogP contribution in [0.3, 0.4) is 0 Å². The monoisotopic (exact) mass is 455 g/mol. The van der Waals surface area contributed by atoms with Crippen molar-refractivity contribution in [2.24, 2.45) is 0 Å². The normalized spacial score (nSPS) is 9.88. The van der Waals surface area contributed by atoms with E-state index in [4.69, 9.17) is 17.3 Å². The predicted octanol–water partition coefficient (Wildman–Crippen LogP) is 4.17. The number of hydrogen-bond donors (Lipinski definition) is 0. The number of carboxylic acid groups (broad SMARTS) is 1. The zero-order valence-electron chi connectivity index (χ0n) is 13.3. The van der Waals surface area contributed by atoms with E-state index in [1.165, 1.54) is 18.2 Å². The summed E-state index contributed by atoms with van der Waals surface area (Å²) in [6.07, 6.45) is 3.60. The SMILES string of the molecule is [NH-]c1cc(Cl)cc(C(=O)[O-])c1.[Pd+2].c1cnc2c(c1)ccc1cccnc12. The fourth-order valence-electron chi connectivity index (χ4n) is 2.39. The first-order chi connectivity index (χ1) is 12.0. The number of rotatable bonds is 1. The fraction of sp³-hybridized carbons (Fsp3) is 0. The minimum atomic E-state index is -1.32. The number of nitrogens with zero attached hydrogens (tertiary/aromatic N) is 2. The minimum absolute atomic E-state index is 0. The molecule has 0 aliphatic carbocycles. The number of pyridine rings is 2. The first-order valence-corrected chi connectivity index (χ1v) is 7.74. The molecule has 0 saturated heterocycles. The van der Waals surface area contributed by atoms with Crippen molar-refractivity contribution in [3.63, 3.8) is 0 Å². The summed E-state index contributed by atoms with van der Waals surface area (Å²) < 4.78 is 0. The Morgan fingerprint density at radius 2 is 1.46 bits per heavy atom. The summed E-state index contributed by atoms with van der Waals surface area (Å²) in [5, 5.41) is 12.8. The van der Waals surface area contributed by atoms with Crippen molar-refractivity contribution in [2.75, 3.05) is 0 Å². The van der Waals surface area contributed by atoms with Gasteiger partial charge in [-0.25, -0.2) is 0 Å². The Balaban J connectivity index is 0.000000186. The molecule has 0 radical (unpaired) electrons. The molecule has 0 bridgehead atoms. The van der Waals surface area contributed by atoms with Crippen LogP contribution in [0.25, 0.3) is 27.5 Å². The summed E-state index contributed by atoms with van der Waals surface area (Å²) in [5.41, 5.74) is 9.05. The molecule has 0 fully saturated rings. The number of carbonyl (C=O) groups is 1. The smallest absolute Gasteiger partial charge is 0.699 e. The number of nitrogens with one attached hydrogen (secondary N) is 1. The van der Waals surface area contributed by atoms with Crippen LogP contribution in [0.1, 0.15) is 10.4 Å². The molecule has 0 aliphatic heterocycles. The maximum absolute atomic E-state index is 10.3. The number of aromatic nitrogens is 2. The van der Waals surface area contributed by atoms with Gasteiger partial charge in [-0.05, 0) is 23.8 Å². The zero-order valence-corrected chi connectivity index (χ0v) is 15.6. The van der Waals surface area contributed by atoms with Crippen molar-refractivity contribution in [2.45, 2.75) is 0 Å². The van der Waals surface area contributed by atoms with E-state index in [0.717, 1.165) is 21.8 Å². The van der Waals surface area contributed by atoms with Crippen LogP contribution < -0.4 is 5.11 Å². The molecule has 7 heteroatoms. The average molecular weight is 456 g/mol. The van der Waals surface area contributed by atoms with E-state index in [2.05, 4.69) is 34.2 Å². The molecule has 4 aromatic rings. The van der Waals surface area contributed by atoms with E-state index in [-0.39, 0.29) is 36.7 Å². The van der Waals surface area contributed by atoms with Gasteiger partial charge in [-0.15, -0.1) is 5.69 Å². The second kappa shape index (κ2) is 8.73. The maximum Gasteiger partial charge on any atom is 2.00 e. The number of carbonyl (C=O) groups excluding carboxylic acids is 1. The minimum Gasteiger partial charge on any atom is -0.699 e. The van der Waals surface area contributed by atoms with Crippen LogP contribution in [0.2, 0.25) is 5.02 Å². The van der Waals surface area contributed by atoms with E-state index in [9.17, 15) is 9.90 Å². The third-order valence-electron chi connectivity index (χ3n) is 3.48. The van der Waals surface area contributed by atoms with E-state index in [1.54, 1.807) is 12.4 Å². The molecule has 2 aromatic carbocycles. The number of carboxylic acids is 1. The second-order valence-corrected chi connectivity index (χ2v) is 5.67. The van der Waals surface area contributed by atoms with Gasteiger partial charge in [0.1, 0.15) is 0 Å². The van der Waals surface area contributed by atoms with Crippen molar-refractivity contribution < 1.29 is 30.3 Å². The van der Waals surface area contributed by atoms with Gasteiger partial charge < -0.3 is 15.6 Å². The molecule has 132 valence electrons. The summed E-state index contributed by atoms with van der Waals surface area (Å²) >= 11 is 5.48. The van der Waals surface area contributed by atoms with Crippen LogP contribution in [0, 0.1) is 0 Å². The largest absolute Gasteiger partial charge is 2.00 e. The molecule has 26 heavy (non-hydrogen) atoms. The van der Waals surface area contributed by atoms with Crippen molar-refractivity contribution in [3.05, 3.63) is 83.3 Å². The van der Waals surface area contributed by atoms with Crippen LogP contribution in [0.4, 0.5) is 5.69 Å². The molecule has 0 amide bonds. The fourth-order valence-corrected chi connectivity index (χ4v) is 2.62. The van der Waals surface area contributed by atoms with Gasteiger partial charge in [-0.3, -0.25) is 9.97 Å². The van der Waals surface area contributed by atoms with Crippen LogP contribution in [0.15, 0.2) is 67.0 Å². The second-order valence-electron chi connectivity index (χ2n) is 5.23. The third-order valence-corrected chi connectivity index (χ3v) is 3.70. The topological polar surface area (TPSA) is 89.7 Å². The number of benzene rings is 2. The van der Waals surface area contributed by atoms with E-state index < -0.39 is 5.97 Å². The van der Waals surface area contributed by atoms with E-state index in [0.29, 0.717) is 0 Å². The molecule has 5 nitrogen and oxygen atoms in total. The summed E-state index contributed by atoms with van der Waals surface area (Å²) in [6.45, 7) is 0. The number of hydrogen-bond acceptors (Lipinski definition) is 4. The van der Waals surface area contributed by atoms with E-state index in [1.807, 2.05) is 12.1 Å². The van der Waals surface area contributed by atoms with Gasteiger partial charge in [0.05, 0.1) is 17.0 Å². The molecular formula is C19H12ClN3O2Pd. The average Bonchev–Trinajstić information content (AvgIpc) is 2.61. The molecule has 0 atom stereocenters. The van der Waals surface area contributed by atoms with Crippen LogP contribution in [-0.4, -0.2) is 15.9 Å². The van der Waals surface area contributed by atoms with Gasteiger partial charge in [-0.1, -0.05) is 48.0 Å². The zero-order chi connectivity index (χ0) is 17.8. The number of aromatic carboxylic acids is 1. The van der Waals surface area contributed by atoms with Gasteiger partial charge in [0, 0.05) is 28.2 Å². The van der Waals surface area contributed by atoms with Gasteiger partial charge in [0.2, 0.25) is 0 Å². The van der Waals surface area contributed by atoms with Crippen LogP contribution >= 0.6 is 11.6 Å². The van der Waals surface area contributed by atoms with Crippen molar-refractivity contribution in [1.82, 2.24) is 9.97 Å². The molecule has 2 heterocycles. The predicted molar refractivity (Wildman–Crippen MR) is 96.8 cm³/mol. The Labute approximate surface area is 168 Å². The first-order valence-electron chi connectivity index (χ1n) is 7.36. The van der Waals surface area contributed by atoms with Gasteiger partial charge in [0.25, 0.3) is 0 Å². The first kappa shape index (κ1) is 19.8. The molecular weight excluding hydrogens is 444 g/mol. The van der Waals surface area contributed by atoms with Gasteiger partial charge in [-0.2, -0.15) is 0 Å². The Kier molecular flexibility index (Phi) is 6.65. The quantitative estimate of drug-likeness (QED) is 0.318. The summed E-state index contributed by atoms with van der Waals surface area (Å²) in [5.74, 6) is -1.32. The molecule has 2 aromatic heterocycles. The molecule has 1 N–H and O–H groups in total. The van der Waals surface area contributed by atoms with Crippen molar-refractivity contribution >= 4 is 45.1 Å². The standard InChI is InChI=1S/C12H8N2.C7H5ClNO2.Pd/c1-3-9-5-6-10-4-2-8-14-12(10)11(9)13-7-1;8-5-1-4(7(10)11)2-6(9)3-5;/h1-8H;1-3,9H,(H,10,11);/q;-1;+2/p-1. The number of fused-ring (bicyclic) bond motifs is 3. The Bertz CT molecular complexity index is 998. The van der Waals surface area contributed by atoms with Crippen molar-refractivity contribution in [3.8, 4) is 0 Å². The molecule has 0 saturated carbocycles.